The van der Waals surface area contributed by atoms with Gasteiger partial charge in [0.25, 0.3) is 0 Å². The van der Waals surface area contributed by atoms with E-state index < -0.39 is 11.6 Å². The third-order valence-electron chi connectivity index (χ3n) is 3.22. The highest BCUT2D eigenvalue weighted by atomic mass is 32.1. The van der Waals surface area contributed by atoms with Crippen LogP contribution in [0.3, 0.4) is 0 Å². The molecule has 0 unspecified atom stereocenters. The molecule has 1 aromatic heterocycles. The van der Waals surface area contributed by atoms with Gasteiger partial charge in [-0.1, -0.05) is 26.7 Å². The molecule has 0 radical (unpaired) electrons. The summed E-state index contributed by atoms with van der Waals surface area (Å²) in [6.07, 6.45) is -0.485. The van der Waals surface area contributed by atoms with Gasteiger partial charge in [0, 0.05) is 9.75 Å². The summed E-state index contributed by atoms with van der Waals surface area (Å²) in [4.78, 5) is 1.58. The smallest absolute Gasteiger partial charge is 0.170 e. The van der Waals surface area contributed by atoms with E-state index in [0.29, 0.717) is 4.88 Å². The van der Waals surface area contributed by atoms with Gasteiger partial charge in [-0.05, 0) is 38.3 Å². The van der Waals surface area contributed by atoms with Crippen LogP contribution in [0.1, 0.15) is 55.9 Å². The highest BCUT2D eigenvalue weighted by Gasteiger charge is 2.49. The number of thiophene rings is 1. The first-order valence-corrected chi connectivity index (χ1v) is 7.24. The molecule has 0 N–H and O–H groups in total. The molecule has 0 spiro atoms. The minimum Gasteiger partial charge on any atom is -0.170 e. The lowest BCUT2D eigenvalue weighted by atomic mass is 9.90. The third kappa shape index (κ3) is 3.08. The zero-order valence-corrected chi connectivity index (χ0v) is 12.3. The van der Waals surface area contributed by atoms with E-state index >= 15 is 0 Å². The van der Waals surface area contributed by atoms with Gasteiger partial charge >= 0.3 is 6.18 Å². The number of aryl methyl sites for hydroxylation is 2. The van der Waals surface area contributed by atoms with Crippen LogP contribution >= 0.6 is 11.3 Å². The van der Waals surface area contributed by atoms with Crippen molar-refractivity contribution in [3.63, 3.8) is 0 Å². The van der Waals surface area contributed by atoms with Gasteiger partial charge in [0.1, 0.15) is 0 Å². The third-order valence-corrected chi connectivity index (χ3v) is 4.78. The molecule has 1 rings (SSSR count). The summed E-state index contributed by atoms with van der Waals surface area (Å²) in [5, 5.41) is 0. The van der Waals surface area contributed by atoms with Crippen molar-refractivity contribution in [2.45, 2.75) is 65.0 Å². The maximum Gasteiger partial charge on any atom is 0.398 e. The highest BCUT2D eigenvalue weighted by Crippen LogP contribution is 2.44. The Balaban J connectivity index is 3.14. The Morgan fingerprint density at radius 2 is 1.61 bits per heavy atom. The van der Waals surface area contributed by atoms with Gasteiger partial charge in [0.2, 0.25) is 0 Å². The summed E-state index contributed by atoms with van der Waals surface area (Å²) in [5.74, 6) is 0. The van der Waals surface area contributed by atoms with Crippen LogP contribution in [0, 0.1) is 0 Å². The van der Waals surface area contributed by atoms with Crippen LogP contribution in [-0.4, -0.2) is 6.18 Å². The monoisotopic (exact) mass is 278 g/mol. The molecule has 0 aliphatic carbocycles. The number of alkyl halides is 3. The van der Waals surface area contributed by atoms with Crippen LogP contribution in [0.5, 0.6) is 0 Å². The summed E-state index contributed by atoms with van der Waals surface area (Å²) in [5.41, 5.74) is -0.636. The predicted octanol–water partition coefficient (Wildman–Crippen LogP) is 5.49. The Labute approximate surface area is 111 Å². The lowest BCUT2D eigenvalue weighted by Crippen LogP contribution is -2.35. The van der Waals surface area contributed by atoms with Crippen molar-refractivity contribution in [1.82, 2.24) is 0 Å². The van der Waals surface area contributed by atoms with Crippen LogP contribution < -0.4 is 0 Å². The largest absolute Gasteiger partial charge is 0.398 e. The molecule has 104 valence electrons. The van der Waals surface area contributed by atoms with Gasteiger partial charge in [-0.15, -0.1) is 11.3 Å². The molecule has 0 amide bonds. The zero-order valence-electron chi connectivity index (χ0n) is 11.4. The van der Waals surface area contributed by atoms with Crippen LogP contribution in [-0.2, 0) is 18.3 Å². The zero-order chi connectivity index (χ0) is 14.0. The number of hydrogen-bond acceptors (Lipinski definition) is 1. The summed E-state index contributed by atoms with van der Waals surface area (Å²) in [6.45, 7) is 6.65. The van der Waals surface area contributed by atoms with E-state index in [0.717, 1.165) is 36.1 Å². The van der Waals surface area contributed by atoms with Gasteiger partial charge in [0.05, 0.1) is 5.41 Å². The van der Waals surface area contributed by atoms with E-state index in [2.05, 4.69) is 13.8 Å². The first-order valence-electron chi connectivity index (χ1n) is 6.42. The second kappa shape index (κ2) is 5.64. The van der Waals surface area contributed by atoms with Crippen molar-refractivity contribution >= 4 is 11.3 Å². The Bertz CT molecular complexity index is 365. The van der Waals surface area contributed by atoms with Gasteiger partial charge in [-0.2, -0.15) is 13.2 Å². The standard InChI is InChI=1S/C14H21F3S/c1-5-7-10-9-12(18-11(10)8-6-2)13(3,4)14(15,16)17/h9H,5-8H2,1-4H3. The van der Waals surface area contributed by atoms with Crippen molar-refractivity contribution in [3.05, 3.63) is 21.4 Å². The molecular weight excluding hydrogens is 257 g/mol. The van der Waals surface area contributed by atoms with E-state index in [1.807, 2.05) is 0 Å². The average molecular weight is 278 g/mol. The predicted molar refractivity (Wildman–Crippen MR) is 71.4 cm³/mol. The normalized spacial score (nSPS) is 13.1. The summed E-state index contributed by atoms with van der Waals surface area (Å²) in [6, 6.07) is 1.77. The maximum atomic E-state index is 13.0. The van der Waals surface area contributed by atoms with Gasteiger partial charge in [0.15, 0.2) is 0 Å². The topological polar surface area (TPSA) is 0 Å². The summed E-state index contributed by atoms with van der Waals surface area (Å²) < 4.78 is 39.1. The van der Waals surface area contributed by atoms with Crippen molar-refractivity contribution in [2.24, 2.45) is 0 Å². The first kappa shape index (κ1) is 15.5. The minimum atomic E-state index is -4.19. The lowest BCUT2D eigenvalue weighted by molar-refractivity contribution is -0.179. The van der Waals surface area contributed by atoms with E-state index in [1.54, 1.807) is 6.07 Å². The Morgan fingerprint density at radius 1 is 1.06 bits per heavy atom. The fourth-order valence-corrected chi connectivity index (χ4v) is 3.27. The van der Waals surface area contributed by atoms with E-state index in [9.17, 15) is 13.2 Å². The average Bonchev–Trinajstić information content (AvgIpc) is 2.62. The Hall–Kier alpha value is -0.510. The fraction of sp³-hybridized carbons (Fsp3) is 0.714. The molecule has 1 heterocycles. The second-order valence-electron chi connectivity index (χ2n) is 5.18. The van der Waals surface area contributed by atoms with Crippen LogP contribution in [0.4, 0.5) is 13.2 Å². The molecule has 0 aromatic carbocycles. The number of halogens is 3. The maximum absolute atomic E-state index is 13.0. The summed E-state index contributed by atoms with van der Waals surface area (Å²) >= 11 is 1.34. The summed E-state index contributed by atoms with van der Waals surface area (Å²) in [7, 11) is 0. The highest BCUT2D eigenvalue weighted by molar-refractivity contribution is 7.12. The van der Waals surface area contributed by atoms with E-state index in [-0.39, 0.29) is 0 Å². The molecule has 0 saturated carbocycles. The van der Waals surface area contributed by atoms with Crippen molar-refractivity contribution < 1.29 is 13.2 Å². The number of hydrogen-bond donors (Lipinski definition) is 0. The minimum absolute atomic E-state index is 0.446. The fourth-order valence-electron chi connectivity index (χ4n) is 1.83. The molecule has 0 aliphatic heterocycles. The Morgan fingerprint density at radius 3 is 2.06 bits per heavy atom. The number of rotatable bonds is 5. The second-order valence-corrected chi connectivity index (χ2v) is 6.32. The van der Waals surface area contributed by atoms with Crippen LogP contribution in [0.2, 0.25) is 0 Å². The van der Waals surface area contributed by atoms with Gasteiger partial charge in [-0.3, -0.25) is 0 Å². The van der Waals surface area contributed by atoms with Gasteiger partial charge < -0.3 is 0 Å². The first-order chi connectivity index (χ1) is 8.24. The van der Waals surface area contributed by atoms with Crippen molar-refractivity contribution in [3.8, 4) is 0 Å². The van der Waals surface area contributed by atoms with Crippen molar-refractivity contribution in [1.29, 1.82) is 0 Å². The molecule has 4 heteroatoms. The molecule has 0 atom stereocenters. The molecule has 0 saturated heterocycles. The van der Waals surface area contributed by atoms with Crippen LogP contribution in [0.25, 0.3) is 0 Å². The molecular formula is C14H21F3S. The molecule has 18 heavy (non-hydrogen) atoms. The SMILES string of the molecule is CCCc1cc(C(C)(C)C(F)(F)F)sc1CCC. The van der Waals surface area contributed by atoms with Crippen LogP contribution in [0.15, 0.2) is 6.07 Å². The quantitative estimate of drug-likeness (QED) is 0.667. The molecule has 0 bridgehead atoms. The van der Waals surface area contributed by atoms with Gasteiger partial charge in [-0.25, -0.2) is 0 Å². The van der Waals surface area contributed by atoms with E-state index in [4.69, 9.17) is 0 Å². The molecule has 0 aliphatic rings. The lowest BCUT2D eigenvalue weighted by Gasteiger charge is -2.26. The molecule has 0 fully saturated rings. The van der Waals surface area contributed by atoms with Crippen molar-refractivity contribution in [2.75, 3.05) is 0 Å². The Kier molecular flexibility index (Phi) is 4.87. The molecule has 0 nitrogen and oxygen atoms in total. The molecule has 1 aromatic rings. The van der Waals surface area contributed by atoms with E-state index in [1.165, 1.54) is 25.2 Å².